The summed E-state index contributed by atoms with van der Waals surface area (Å²) in [5.74, 6) is 0.560. The van der Waals surface area contributed by atoms with Crippen LogP contribution in [0.15, 0.2) is 30.3 Å². The molecule has 5 heteroatoms. The third-order valence-corrected chi connectivity index (χ3v) is 2.61. The van der Waals surface area contributed by atoms with E-state index in [1.54, 1.807) is 24.3 Å². The molecule has 0 radical (unpaired) electrons. The minimum atomic E-state index is -0.240. The molecule has 4 nitrogen and oxygen atoms in total. The summed E-state index contributed by atoms with van der Waals surface area (Å²) in [7, 11) is 0. The van der Waals surface area contributed by atoms with Crippen molar-refractivity contribution in [3.63, 3.8) is 0 Å². The molecule has 0 amide bonds. The lowest BCUT2D eigenvalue weighted by molar-refractivity contribution is 0.600. The quantitative estimate of drug-likeness (QED) is 0.874. The van der Waals surface area contributed by atoms with E-state index in [2.05, 4.69) is 15.3 Å². The monoisotopic (exact) mass is 246 g/mol. The maximum Gasteiger partial charge on any atom is 0.222 e. The number of anilines is 2. The Morgan fingerprint density at radius 3 is 2.67 bits per heavy atom. The molecule has 3 N–H and O–H groups in total. The molecule has 0 spiro atoms. The highest BCUT2D eigenvalue weighted by atomic mass is 19.1. The third kappa shape index (κ3) is 2.74. The van der Waals surface area contributed by atoms with Gasteiger partial charge in [-0.1, -0.05) is 18.2 Å². The van der Waals surface area contributed by atoms with Crippen molar-refractivity contribution in [2.24, 2.45) is 0 Å². The first-order chi connectivity index (χ1) is 8.56. The number of aromatic nitrogens is 2. The van der Waals surface area contributed by atoms with Crippen LogP contribution in [0.3, 0.4) is 0 Å². The Labute approximate surface area is 105 Å². The predicted octanol–water partition coefficient (Wildman–Crippen LogP) is 2.68. The Bertz CT molecular complexity index is 536. The van der Waals surface area contributed by atoms with Gasteiger partial charge in [0.25, 0.3) is 0 Å². The lowest BCUT2D eigenvalue weighted by Gasteiger charge is -2.16. The van der Waals surface area contributed by atoms with Crippen molar-refractivity contribution < 1.29 is 4.39 Å². The van der Waals surface area contributed by atoms with Crippen LogP contribution < -0.4 is 11.1 Å². The van der Waals surface area contributed by atoms with Crippen LogP contribution in [-0.2, 0) is 0 Å². The van der Waals surface area contributed by atoms with Gasteiger partial charge in [0.2, 0.25) is 5.95 Å². The largest absolute Gasteiger partial charge is 0.368 e. The van der Waals surface area contributed by atoms with Gasteiger partial charge in [-0.2, -0.15) is 4.98 Å². The second-order valence-electron chi connectivity index (χ2n) is 4.14. The highest BCUT2D eigenvalue weighted by Gasteiger charge is 2.11. The maximum absolute atomic E-state index is 13.6. The maximum atomic E-state index is 13.6. The Morgan fingerprint density at radius 2 is 2.00 bits per heavy atom. The molecule has 0 aliphatic carbocycles. The molecular weight excluding hydrogens is 231 g/mol. The molecule has 0 saturated carbocycles. The van der Waals surface area contributed by atoms with Crippen LogP contribution in [0.2, 0.25) is 0 Å². The van der Waals surface area contributed by atoms with Crippen molar-refractivity contribution in [3.8, 4) is 0 Å². The van der Waals surface area contributed by atoms with Crippen molar-refractivity contribution in [1.29, 1.82) is 0 Å². The molecule has 1 heterocycles. The zero-order chi connectivity index (χ0) is 13.1. The van der Waals surface area contributed by atoms with E-state index >= 15 is 0 Å². The second kappa shape index (κ2) is 5.00. The number of benzene rings is 1. The topological polar surface area (TPSA) is 63.8 Å². The first-order valence-corrected chi connectivity index (χ1v) is 5.68. The zero-order valence-electron chi connectivity index (χ0n) is 10.3. The van der Waals surface area contributed by atoms with Crippen LogP contribution in [0.5, 0.6) is 0 Å². The smallest absolute Gasteiger partial charge is 0.222 e. The molecule has 94 valence electrons. The van der Waals surface area contributed by atoms with Crippen LogP contribution in [-0.4, -0.2) is 9.97 Å². The van der Waals surface area contributed by atoms with Crippen molar-refractivity contribution in [2.75, 3.05) is 11.1 Å². The lowest BCUT2D eigenvalue weighted by atomic mass is 10.1. The fourth-order valence-corrected chi connectivity index (χ4v) is 1.79. The van der Waals surface area contributed by atoms with E-state index in [1.807, 2.05) is 13.8 Å². The van der Waals surface area contributed by atoms with Crippen LogP contribution in [0.25, 0.3) is 0 Å². The fourth-order valence-electron chi connectivity index (χ4n) is 1.79. The summed E-state index contributed by atoms with van der Waals surface area (Å²) >= 11 is 0. The number of hydrogen-bond donors (Lipinski definition) is 2. The van der Waals surface area contributed by atoms with Gasteiger partial charge in [-0.3, -0.25) is 0 Å². The Balaban J connectivity index is 2.21. The Hall–Kier alpha value is -2.17. The van der Waals surface area contributed by atoms with Crippen molar-refractivity contribution >= 4 is 11.8 Å². The van der Waals surface area contributed by atoms with Crippen molar-refractivity contribution in [3.05, 3.63) is 47.4 Å². The summed E-state index contributed by atoms with van der Waals surface area (Å²) in [4.78, 5) is 8.05. The van der Waals surface area contributed by atoms with E-state index in [0.717, 1.165) is 5.69 Å². The minimum Gasteiger partial charge on any atom is -0.368 e. The molecule has 0 saturated heterocycles. The first-order valence-electron chi connectivity index (χ1n) is 5.68. The standard InChI is InChI=1S/C13H15FN4/c1-8-7-12(18-13(15)16-8)17-9(2)10-5-3-4-6-11(10)14/h3-7,9H,1-2H3,(H3,15,16,17,18)/t9-/m0/s1. The van der Waals surface area contributed by atoms with Gasteiger partial charge in [0, 0.05) is 17.3 Å². The summed E-state index contributed by atoms with van der Waals surface area (Å²) in [6.07, 6.45) is 0. The Kier molecular flexibility index (Phi) is 3.41. The molecule has 0 fully saturated rings. The second-order valence-corrected chi connectivity index (χ2v) is 4.14. The van der Waals surface area contributed by atoms with Gasteiger partial charge >= 0.3 is 0 Å². The minimum absolute atomic E-state index is 0.195. The van der Waals surface area contributed by atoms with E-state index < -0.39 is 0 Å². The Morgan fingerprint density at radius 1 is 1.28 bits per heavy atom. The van der Waals surface area contributed by atoms with E-state index in [0.29, 0.717) is 11.4 Å². The first kappa shape index (κ1) is 12.3. The number of halogens is 1. The van der Waals surface area contributed by atoms with E-state index in [-0.39, 0.29) is 17.8 Å². The average Bonchev–Trinajstić information content (AvgIpc) is 2.27. The number of nitrogens with zero attached hydrogens (tertiary/aromatic N) is 2. The molecule has 0 aliphatic heterocycles. The molecule has 18 heavy (non-hydrogen) atoms. The molecule has 1 aromatic heterocycles. The van der Waals surface area contributed by atoms with Gasteiger partial charge in [-0.15, -0.1) is 0 Å². The summed E-state index contributed by atoms with van der Waals surface area (Å²) in [5.41, 5.74) is 6.93. The van der Waals surface area contributed by atoms with Gasteiger partial charge in [0.05, 0.1) is 6.04 Å². The molecule has 0 aliphatic rings. The number of hydrogen-bond acceptors (Lipinski definition) is 4. The molecule has 1 atom stereocenters. The highest BCUT2D eigenvalue weighted by molar-refractivity contribution is 5.42. The van der Waals surface area contributed by atoms with Crippen LogP contribution in [0, 0.1) is 12.7 Å². The van der Waals surface area contributed by atoms with Crippen molar-refractivity contribution in [2.45, 2.75) is 19.9 Å². The normalized spacial score (nSPS) is 12.2. The summed E-state index contributed by atoms with van der Waals surface area (Å²) < 4.78 is 13.6. The molecule has 0 bridgehead atoms. The van der Waals surface area contributed by atoms with Crippen molar-refractivity contribution in [1.82, 2.24) is 9.97 Å². The van der Waals surface area contributed by atoms with Gasteiger partial charge in [0.15, 0.2) is 0 Å². The molecule has 2 aromatic rings. The van der Waals surface area contributed by atoms with Crippen LogP contribution in [0.4, 0.5) is 16.2 Å². The summed E-state index contributed by atoms with van der Waals surface area (Å²) in [5, 5.41) is 3.11. The van der Waals surface area contributed by atoms with Crippen LogP contribution >= 0.6 is 0 Å². The number of nitrogens with two attached hydrogens (primary N) is 1. The molecule has 1 aromatic carbocycles. The molecule has 0 unspecified atom stereocenters. The molecule has 2 rings (SSSR count). The number of nitrogen functional groups attached to an aromatic ring is 1. The summed E-state index contributed by atoms with van der Waals surface area (Å²) in [6, 6.07) is 8.22. The van der Waals surface area contributed by atoms with E-state index in [1.165, 1.54) is 6.07 Å². The number of rotatable bonds is 3. The third-order valence-electron chi connectivity index (χ3n) is 2.61. The van der Waals surface area contributed by atoms with Gasteiger partial charge in [-0.25, -0.2) is 9.37 Å². The number of aryl methyl sites for hydroxylation is 1. The fraction of sp³-hybridized carbons (Fsp3) is 0.231. The average molecular weight is 246 g/mol. The summed E-state index contributed by atoms with van der Waals surface area (Å²) in [6.45, 7) is 3.70. The SMILES string of the molecule is Cc1cc(N[C@@H](C)c2ccccc2F)nc(N)n1. The highest BCUT2D eigenvalue weighted by Crippen LogP contribution is 2.20. The zero-order valence-corrected chi connectivity index (χ0v) is 10.3. The lowest BCUT2D eigenvalue weighted by Crippen LogP contribution is -2.11. The van der Waals surface area contributed by atoms with E-state index in [4.69, 9.17) is 5.73 Å². The number of nitrogens with one attached hydrogen (secondary N) is 1. The van der Waals surface area contributed by atoms with Crippen LogP contribution in [0.1, 0.15) is 24.2 Å². The van der Waals surface area contributed by atoms with E-state index in [9.17, 15) is 4.39 Å². The molecular formula is C13H15FN4. The van der Waals surface area contributed by atoms with Gasteiger partial charge in [-0.05, 0) is 19.9 Å². The van der Waals surface area contributed by atoms with Gasteiger partial charge in [0.1, 0.15) is 11.6 Å². The van der Waals surface area contributed by atoms with Gasteiger partial charge < -0.3 is 11.1 Å². The predicted molar refractivity (Wildman–Crippen MR) is 69.6 cm³/mol.